The van der Waals surface area contributed by atoms with Gasteiger partial charge in [-0.3, -0.25) is 0 Å². The molecule has 0 heterocycles. The highest BCUT2D eigenvalue weighted by Crippen LogP contribution is 2.51. The van der Waals surface area contributed by atoms with E-state index in [1.165, 1.54) is 14.7 Å². The lowest BCUT2D eigenvalue weighted by Crippen LogP contribution is -1.87. The predicted molar refractivity (Wildman–Crippen MR) is 90.4 cm³/mol. The van der Waals surface area contributed by atoms with Crippen LogP contribution in [0.5, 0.6) is 0 Å². The topological polar surface area (TPSA) is 0 Å². The van der Waals surface area contributed by atoms with Gasteiger partial charge in [0.2, 0.25) is 0 Å². The number of thiol groups is 2. The third kappa shape index (κ3) is 2.92. The molecule has 0 spiro atoms. The fourth-order valence-electron chi connectivity index (χ4n) is 2.20. The molecule has 3 aromatic rings. The molecule has 0 saturated heterocycles. The van der Waals surface area contributed by atoms with Gasteiger partial charge < -0.3 is 0 Å². The Morgan fingerprint density at radius 2 is 0.900 bits per heavy atom. The quantitative estimate of drug-likeness (QED) is 0.590. The van der Waals surface area contributed by atoms with E-state index in [4.69, 9.17) is 0 Å². The molecule has 0 fully saturated rings. The Morgan fingerprint density at radius 1 is 0.500 bits per heavy atom. The van der Waals surface area contributed by atoms with Crippen molar-refractivity contribution in [1.29, 1.82) is 0 Å². The van der Waals surface area contributed by atoms with E-state index in [0.29, 0.717) is 0 Å². The Morgan fingerprint density at radius 3 is 1.35 bits per heavy atom. The Bertz CT molecular complexity index is 621. The lowest BCUT2D eigenvalue weighted by molar-refractivity contribution is 1.30. The van der Waals surface area contributed by atoms with E-state index >= 15 is 0 Å². The minimum Gasteiger partial charge on any atom is -0.173 e. The molecule has 0 radical (unpaired) electrons. The zero-order chi connectivity index (χ0) is 13.8. The summed E-state index contributed by atoms with van der Waals surface area (Å²) in [7, 11) is -0.492. The predicted octanol–water partition coefficient (Wildman–Crippen LogP) is 5.45. The van der Waals surface area contributed by atoms with E-state index in [-0.39, 0.29) is 0 Å². The summed E-state index contributed by atoms with van der Waals surface area (Å²) < 4.78 is 0. The van der Waals surface area contributed by atoms with Crippen molar-refractivity contribution in [2.45, 2.75) is 19.6 Å². The summed E-state index contributed by atoms with van der Waals surface area (Å²) in [6.07, 6.45) is 0. The first-order valence-corrected chi connectivity index (χ1v) is 8.33. The lowest BCUT2D eigenvalue weighted by Gasteiger charge is -2.23. The van der Waals surface area contributed by atoms with Crippen LogP contribution in [0.25, 0.3) is 0 Å². The summed E-state index contributed by atoms with van der Waals surface area (Å²) in [5, 5.41) is 0. The number of hydrogen-bond donors (Lipinski definition) is 2. The number of benzene rings is 3. The zero-order valence-corrected chi connectivity index (χ0v) is 12.8. The smallest absolute Gasteiger partial charge is 0.00407 e. The third-order valence-corrected chi connectivity index (χ3v) is 5.88. The molecule has 2 heteroatoms. The molecule has 0 aromatic heterocycles. The Labute approximate surface area is 128 Å². The SMILES string of the molecule is Sc1ccc([SH](c2ccccc2)c2ccccc2)cc1. The molecular formula is C18H16S2. The highest BCUT2D eigenvalue weighted by molar-refractivity contribution is 8.17. The average molecular weight is 296 g/mol. The van der Waals surface area contributed by atoms with Crippen molar-refractivity contribution >= 4 is 23.5 Å². The monoisotopic (exact) mass is 296 g/mol. The van der Waals surface area contributed by atoms with Crippen LogP contribution in [0.4, 0.5) is 0 Å². The first-order valence-electron chi connectivity index (χ1n) is 6.54. The highest BCUT2D eigenvalue weighted by atomic mass is 32.2. The van der Waals surface area contributed by atoms with E-state index in [1.54, 1.807) is 0 Å². The molecule has 0 bridgehead atoms. The van der Waals surface area contributed by atoms with Crippen molar-refractivity contribution in [2.75, 3.05) is 0 Å². The van der Waals surface area contributed by atoms with Crippen LogP contribution >= 0.6 is 23.5 Å². The van der Waals surface area contributed by atoms with Crippen LogP contribution in [0.1, 0.15) is 0 Å². The maximum Gasteiger partial charge on any atom is 0.00407 e. The van der Waals surface area contributed by atoms with Gasteiger partial charge in [-0.25, -0.2) is 0 Å². The maximum atomic E-state index is 4.38. The van der Waals surface area contributed by atoms with Crippen LogP contribution < -0.4 is 0 Å². The van der Waals surface area contributed by atoms with Crippen LogP contribution in [0.15, 0.2) is 105 Å². The highest BCUT2D eigenvalue weighted by Gasteiger charge is 2.11. The molecule has 0 atom stereocenters. The first kappa shape index (κ1) is 13.3. The van der Waals surface area contributed by atoms with Crippen molar-refractivity contribution in [2.24, 2.45) is 0 Å². The van der Waals surface area contributed by atoms with Crippen molar-refractivity contribution in [3.63, 3.8) is 0 Å². The van der Waals surface area contributed by atoms with Crippen LogP contribution in [0.3, 0.4) is 0 Å². The minimum absolute atomic E-state index is 0.492. The molecular weight excluding hydrogens is 280 g/mol. The maximum absolute atomic E-state index is 4.38. The summed E-state index contributed by atoms with van der Waals surface area (Å²) in [6, 6.07) is 30.0. The van der Waals surface area contributed by atoms with Gasteiger partial charge >= 0.3 is 0 Å². The molecule has 3 rings (SSSR count). The average Bonchev–Trinajstić information content (AvgIpc) is 2.52. The van der Waals surface area contributed by atoms with Crippen LogP contribution in [-0.2, 0) is 0 Å². The molecule has 0 unspecified atom stereocenters. The second-order valence-corrected chi connectivity index (χ2v) is 7.26. The van der Waals surface area contributed by atoms with E-state index in [2.05, 4.69) is 97.6 Å². The van der Waals surface area contributed by atoms with E-state index in [1.807, 2.05) is 0 Å². The summed E-state index contributed by atoms with van der Waals surface area (Å²) in [5.41, 5.74) is 0. The van der Waals surface area contributed by atoms with E-state index in [0.717, 1.165) is 4.90 Å². The molecule has 0 saturated carbocycles. The van der Waals surface area contributed by atoms with Crippen molar-refractivity contribution < 1.29 is 0 Å². The van der Waals surface area contributed by atoms with Crippen LogP contribution in [0, 0.1) is 0 Å². The molecule has 0 amide bonds. The standard InChI is InChI=1S/C18H16S2/c19-15-11-13-18(14-12-15)20(16-7-3-1-4-8-16)17-9-5-2-6-10-17/h1-14,19-20H. The molecule has 0 aliphatic rings. The molecule has 0 aliphatic heterocycles. The summed E-state index contributed by atoms with van der Waals surface area (Å²) in [4.78, 5) is 5.11. The molecule has 0 nitrogen and oxygen atoms in total. The number of rotatable bonds is 3. The van der Waals surface area contributed by atoms with Crippen molar-refractivity contribution in [3.05, 3.63) is 84.9 Å². The molecule has 0 N–H and O–H groups in total. The van der Waals surface area contributed by atoms with Crippen molar-refractivity contribution in [3.8, 4) is 0 Å². The minimum atomic E-state index is -0.492. The van der Waals surface area contributed by atoms with E-state index < -0.39 is 10.9 Å². The summed E-state index contributed by atoms with van der Waals surface area (Å²) in [5.74, 6) is 0. The number of hydrogen-bond acceptors (Lipinski definition) is 1. The molecule has 0 aliphatic carbocycles. The molecule has 3 aromatic carbocycles. The Kier molecular flexibility index (Phi) is 4.14. The van der Waals surface area contributed by atoms with Gasteiger partial charge in [0.05, 0.1) is 0 Å². The largest absolute Gasteiger partial charge is 0.173 e. The lowest BCUT2D eigenvalue weighted by atomic mass is 10.4. The van der Waals surface area contributed by atoms with Gasteiger partial charge in [-0.1, -0.05) is 36.4 Å². The molecule has 20 heavy (non-hydrogen) atoms. The van der Waals surface area contributed by atoms with Gasteiger partial charge in [0.15, 0.2) is 0 Å². The van der Waals surface area contributed by atoms with Gasteiger partial charge in [0.1, 0.15) is 0 Å². The summed E-state index contributed by atoms with van der Waals surface area (Å²) in [6.45, 7) is 0. The normalized spacial score (nSPS) is 11.2. The first-order chi connectivity index (χ1) is 9.84. The molecule has 100 valence electrons. The van der Waals surface area contributed by atoms with Crippen LogP contribution in [-0.4, -0.2) is 0 Å². The van der Waals surface area contributed by atoms with Gasteiger partial charge in [-0.2, -0.15) is 10.9 Å². The van der Waals surface area contributed by atoms with Gasteiger partial charge in [-0.15, -0.1) is 12.6 Å². The second kappa shape index (κ2) is 6.21. The van der Waals surface area contributed by atoms with E-state index in [9.17, 15) is 0 Å². The Hall–Kier alpha value is -1.64. The van der Waals surface area contributed by atoms with Gasteiger partial charge in [0.25, 0.3) is 0 Å². The van der Waals surface area contributed by atoms with Gasteiger partial charge in [0, 0.05) is 4.90 Å². The Balaban J connectivity index is 2.11. The van der Waals surface area contributed by atoms with Crippen LogP contribution in [0.2, 0.25) is 0 Å². The fraction of sp³-hybridized carbons (Fsp3) is 0. The second-order valence-electron chi connectivity index (χ2n) is 4.52. The van der Waals surface area contributed by atoms with Gasteiger partial charge in [-0.05, 0) is 63.2 Å². The third-order valence-electron chi connectivity index (χ3n) is 3.14. The zero-order valence-electron chi connectivity index (χ0n) is 11.0. The fourth-order valence-corrected chi connectivity index (χ4v) is 4.63. The van der Waals surface area contributed by atoms with Crippen molar-refractivity contribution in [1.82, 2.24) is 0 Å². The summed E-state index contributed by atoms with van der Waals surface area (Å²) >= 11 is 4.38.